The van der Waals surface area contributed by atoms with E-state index in [1.807, 2.05) is 24.5 Å². The second-order valence-corrected chi connectivity index (χ2v) is 14.8. The van der Waals surface area contributed by atoms with Crippen LogP contribution in [0.2, 0.25) is 0 Å². The van der Waals surface area contributed by atoms with Gasteiger partial charge in [-0.3, -0.25) is 4.57 Å². The number of hydrogen-bond acceptors (Lipinski definition) is 5. The Morgan fingerprint density at radius 2 is 1.30 bits per heavy atom. The quantitative estimate of drug-likeness (QED) is 0.169. The molecule has 4 heterocycles. The third kappa shape index (κ3) is 5.17. The molecule has 0 saturated heterocycles. The molecule has 0 aliphatic carbocycles. The van der Waals surface area contributed by atoms with Crippen molar-refractivity contribution in [2.24, 2.45) is 0 Å². The third-order valence-corrected chi connectivity index (χ3v) is 10.5. The van der Waals surface area contributed by atoms with E-state index in [1.165, 1.54) is 32.5 Å². The van der Waals surface area contributed by atoms with Gasteiger partial charge in [-0.1, -0.05) is 93.6 Å². The normalized spacial score (nSPS) is 13.0. The molecule has 0 bridgehead atoms. The van der Waals surface area contributed by atoms with Gasteiger partial charge in [-0.2, -0.15) is 0 Å². The van der Waals surface area contributed by atoms with Crippen LogP contribution in [0.25, 0.3) is 49.2 Å². The van der Waals surface area contributed by atoms with Gasteiger partial charge in [0.2, 0.25) is 0 Å². The third-order valence-electron chi connectivity index (χ3n) is 10.5. The van der Waals surface area contributed by atoms with E-state index >= 15 is 0 Å². The Labute approximate surface area is 308 Å². The van der Waals surface area contributed by atoms with Crippen LogP contribution in [-0.4, -0.2) is 21.2 Å². The minimum Gasteiger partial charge on any atom is -0.457 e. The topological polar surface area (TPSA) is 46.4 Å². The highest BCUT2D eigenvalue weighted by atomic mass is 16.5. The molecular formula is C47H37N5O. The molecule has 6 heteroatoms. The summed E-state index contributed by atoms with van der Waals surface area (Å²) in [4.78, 5) is 14.4. The summed E-state index contributed by atoms with van der Waals surface area (Å²) in [5, 5.41) is 7.25. The van der Waals surface area contributed by atoms with Crippen LogP contribution >= 0.6 is 0 Å². The minimum absolute atomic E-state index is 0.00193. The number of benzene rings is 6. The van der Waals surface area contributed by atoms with Crippen LogP contribution in [0.3, 0.4) is 0 Å². The molecular weight excluding hydrogens is 651 g/mol. The lowest BCUT2D eigenvalue weighted by molar-refractivity contribution is 0.483. The van der Waals surface area contributed by atoms with Crippen molar-refractivity contribution in [3.63, 3.8) is 0 Å². The van der Waals surface area contributed by atoms with Crippen molar-refractivity contribution >= 4 is 66.2 Å². The van der Waals surface area contributed by atoms with E-state index in [0.717, 1.165) is 56.6 Å². The zero-order valence-electron chi connectivity index (χ0n) is 29.9. The molecule has 53 heavy (non-hydrogen) atoms. The van der Waals surface area contributed by atoms with Crippen molar-refractivity contribution in [3.8, 4) is 17.3 Å². The lowest BCUT2D eigenvalue weighted by Gasteiger charge is -2.23. The molecule has 0 saturated carbocycles. The highest BCUT2D eigenvalue weighted by Gasteiger charge is 2.30. The number of para-hydroxylation sites is 1. The maximum absolute atomic E-state index is 6.67. The number of hydrogen-bond donors (Lipinski definition) is 0. The molecule has 0 radical (unpaired) electrons. The Morgan fingerprint density at radius 3 is 2.21 bits per heavy atom. The Balaban J connectivity index is 1.03. The largest absolute Gasteiger partial charge is 0.457 e. The number of anilines is 4. The van der Waals surface area contributed by atoms with Crippen LogP contribution in [0.1, 0.15) is 26.3 Å². The van der Waals surface area contributed by atoms with E-state index in [0.29, 0.717) is 6.67 Å². The SMILES string of the molecule is CC(C)(C)c1ccnc(-n2c3ccccc3c3ccc(Oc4cccc(N5CN(c6cccc7ccc8ccccc8c67)c6ncccc65)c4)cc32)c1. The molecule has 9 aromatic rings. The molecule has 0 spiro atoms. The Bertz CT molecular complexity index is 2870. The minimum atomic E-state index is 0.00193. The summed E-state index contributed by atoms with van der Waals surface area (Å²) in [6.07, 6.45) is 3.79. The summed E-state index contributed by atoms with van der Waals surface area (Å²) in [6.45, 7) is 7.32. The van der Waals surface area contributed by atoms with E-state index in [9.17, 15) is 0 Å². The highest BCUT2D eigenvalue weighted by molar-refractivity contribution is 6.15. The number of pyridine rings is 2. The lowest BCUT2D eigenvalue weighted by atomic mass is 9.88. The number of rotatable bonds is 5. The smallest absolute Gasteiger partial charge is 0.158 e. The second kappa shape index (κ2) is 12.0. The molecule has 1 aliphatic heterocycles. The molecule has 0 fully saturated rings. The van der Waals surface area contributed by atoms with Crippen LogP contribution in [0.5, 0.6) is 11.5 Å². The summed E-state index contributed by atoms with van der Waals surface area (Å²) in [5.74, 6) is 3.35. The van der Waals surface area contributed by atoms with E-state index in [-0.39, 0.29) is 5.41 Å². The second-order valence-electron chi connectivity index (χ2n) is 14.8. The van der Waals surface area contributed by atoms with Gasteiger partial charge in [0, 0.05) is 46.4 Å². The summed E-state index contributed by atoms with van der Waals surface area (Å²) in [6, 6.07) is 51.3. The molecule has 0 amide bonds. The maximum Gasteiger partial charge on any atom is 0.158 e. The molecule has 256 valence electrons. The van der Waals surface area contributed by atoms with E-state index in [2.05, 4.69) is 169 Å². The number of aromatic nitrogens is 3. The van der Waals surface area contributed by atoms with Gasteiger partial charge in [-0.25, -0.2) is 9.97 Å². The van der Waals surface area contributed by atoms with Crippen LogP contribution in [0.4, 0.5) is 22.9 Å². The van der Waals surface area contributed by atoms with Crippen molar-refractivity contribution < 1.29 is 4.74 Å². The van der Waals surface area contributed by atoms with Crippen molar-refractivity contribution in [1.82, 2.24) is 14.5 Å². The average molecular weight is 688 g/mol. The van der Waals surface area contributed by atoms with Crippen molar-refractivity contribution in [2.75, 3.05) is 16.5 Å². The fraction of sp³-hybridized carbons (Fsp3) is 0.106. The molecule has 0 N–H and O–H groups in total. The molecule has 6 nitrogen and oxygen atoms in total. The average Bonchev–Trinajstić information content (AvgIpc) is 3.73. The van der Waals surface area contributed by atoms with Gasteiger partial charge in [0.1, 0.15) is 24.0 Å². The standard InChI is InChI=1S/C47H37N5O/c1-47(2,3)33-24-26-48-44(27-33)52-40-17-7-6-16-38(40)39-23-22-36(29-43(39)52)53-35-14-9-13-34(28-35)50-30-51(46-42(50)19-10-25-49-46)41-18-8-12-32-21-20-31-11-4-5-15-37(31)45(32)41/h4-29H,30H2,1-3H3. The van der Waals surface area contributed by atoms with Gasteiger partial charge in [-0.15, -0.1) is 0 Å². The predicted octanol–water partition coefficient (Wildman–Crippen LogP) is 12.2. The van der Waals surface area contributed by atoms with Gasteiger partial charge in [0.15, 0.2) is 5.82 Å². The van der Waals surface area contributed by atoms with Gasteiger partial charge >= 0.3 is 0 Å². The first-order valence-electron chi connectivity index (χ1n) is 18.1. The molecule has 1 aliphatic rings. The maximum atomic E-state index is 6.67. The first-order chi connectivity index (χ1) is 25.9. The fourth-order valence-corrected chi connectivity index (χ4v) is 7.89. The van der Waals surface area contributed by atoms with Crippen LogP contribution in [0, 0.1) is 0 Å². The van der Waals surface area contributed by atoms with E-state index in [4.69, 9.17) is 14.7 Å². The predicted molar refractivity (Wildman–Crippen MR) is 219 cm³/mol. The first-order valence-corrected chi connectivity index (χ1v) is 18.1. The Kier molecular flexibility index (Phi) is 7.02. The van der Waals surface area contributed by atoms with Crippen LogP contribution in [0.15, 0.2) is 158 Å². The summed E-state index contributed by atoms with van der Waals surface area (Å²) in [7, 11) is 0. The van der Waals surface area contributed by atoms with Gasteiger partial charge in [-0.05, 0) is 87.8 Å². The summed E-state index contributed by atoms with van der Waals surface area (Å²) >= 11 is 0. The number of fused-ring (bicyclic) bond motifs is 7. The van der Waals surface area contributed by atoms with Crippen molar-refractivity contribution in [3.05, 3.63) is 164 Å². The van der Waals surface area contributed by atoms with Crippen molar-refractivity contribution in [2.45, 2.75) is 26.2 Å². The molecule has 0 atom stereocenters. The zero-order valence-corrected chi connectivity index (χ0v) is 29.9. The monoisotopic (exact) mass is 687 g/mol. The molecule has 3 aromatic heterocycles. The lowest BCUT2D eigenvalue weighted by Crippen LogP contribution is -2.24. The Hall–Kier alpha value is -6.66. The van der Waals surface area contributed by atoms with Gasteiger partial charge < -0.3 is 14.5 Å². The highest BCUT2D eigenvalue weighted by Crippen LogP contribution is 2.46. The zero-order chi connectivity index (χ0) is 35.7. The van der Waals surface area contributed by atoms with E-state index < -0.39 is 0 Å². The molecule has 6 aromatic carbocycles. The first kappa shape index (κ1) is 31.1. The fourth-order valence-electron chi connectivity index (χ4n) is 7.89. The van der Waals surface area contributed by atoms with E-state index in [1.54, 1.807) is 0 Å². The summed E-state index contributed by atoms with van der Waals surface area (Å²) < 4.78 is 8.92. The van der Waals surface area contributed by atoms with Crippen LogP contribution < -0.4 is 14.5 Å². The molecule has 10 rings (SSSR count). The summed E-state index contributed by atoms with van der Waals surface area (Å²) in [5.41, 5.74) is 6.63. The van der Waals surface area contributed by atoms with Gasteiger partial charge in [0.05, 0.1) is 22.4 Å². The number of nitrogens with zero attached hydrogens (tertiary/aromatic N) is 5. The molecule has 0 unspecified atom stereocenters. The van der Waals surface area contributed by atoms with Crippen molar-refractivity contribution in [1.29, 1.82) is 0 Å². The Morgan fingerprint density at radius 1 is 0.547 bits per heavy atom. The number of ether oxygens (including phenoxy) is 1. The van der Waals surface area contributed by atoms with Gasteiger partial charge in [0.25, 0.3) is 0 Å². The van der Waals surface area contributed by atoms with Crippen LogP contribution in [-0.2, 0) is 5.41 Å².